The zero-order valence-corrected chi connectivity index (χ0v) is 10.5. The molecule has 0 aliphatic carbocycles. The van der Waals surface area contributed by atoms with Crippen molar-refractivity contribution in [3.05, 3.63) is 53.5 Å². The third kappa shape index (κ3) is 2.64. The maximum atomic E-state index is 9.00. The van der Waals surface area contributed by atoms with Gasteiger partial charge in [0.15, 0.2) is 11.5 Å². The van der Waals surface area contributed by atoms with Gasteiger partial charge < -0.3 is 4.90 Å². The highest BCUT2D eigenvalue weighted by Crippen LogP contribution is 2.15. The minimum atomic E-state index is 0.354. The van der Waals surface area contributed by atoms with E-state index in [1.54, 1.807) is 6.20 Å². The van der Waals surface area contributed by atoms with Crippen molar-refractivity contribution in [1.29, 1.82) is 5.26 Å². The Morgan fingerprint density at radius 1 is 1.28 bits per heavy atom. The van der Waals surface area contributed by atoms with Gasteiger partial charge in [-0.25, -0.2) is 9.97 Å². The highest BCUT2D eigenvalue weighted by molar-refractivity contribution is 5.49. The van der Waals surface area contributed by atoms with Crippen molar-refractivity contribution < 1.29 is 0 Å². The molecule has 0 saturated carbocycles. The van der Waals surface area contributed by atoms with Crippen LogP contribution in [0.5, 0.6) is 0 Å². The van der Waals surface area contributed by atoms with Crippen LogP contribution in [0, 0.1) is 18.3 Å². The van der Waals surface area contributed by atoms with Crippen molar-refractivity contribution >= 4 is 5.82 Å². The number of anilines is 1. The van der Waals surface area contributed by atoms with Crippen molar-refractivity contribution in [3.8, 4) is 6.07 Å². The summed E-state index contributed by atoms with van der Waals surface area (Å²) >= 11 is 0. The molecule has 4 nitrogen and oxygen atoms in total. The van der Waals surface area contributed by atoms with Gasteiger partial charge in [0, 0.05) is 26.0 Å². The van der Waals surface area contributed by atoms with Crippen LogP contribution in [-0.2, 0) is 6.54 Å². The standard InChI is InChI=1S/C14H14N4/c1-11-4-3-5-12(8-11)10-18(2)14-13(9-15)16-6-7-17-14/h3-8H,10H2,1-2H3. The number of nitriles is 1. The molecule has 1 heterocycles. The molecule has 0 saturated heterocycles. The fraction of sp³-hybridized carbons (Fsp3) is 0.214. The summed E-state index contributed by atoms with van der Waals surface area (Å²) < 4.78 is 0. The van der Waals surface area contributed by atoms with Gasteiger partial charge in [-0.05, 0) is 12.5 Å². The maximum absolute atomic E-state index is 9.00. The van der Waals surface area contributed by atoms with E-state index in [1.807, 2.05) is 18.0 Å². The van der Waals surface area contributed by atoms with Crippen LogP contribution in [0.4, 0.5) is 5.82 Å². The molecule has 1 aromatic heterocycles. The molecule has 0 unspecified atom stereocenters. The second-order valence-corrected chi connectivity index (χ2v) is 4.19. The first-order valence-corrected chi connectivity index (χ1v) is 5.68. The van der Waals surface area contributed by atoms with E-state index >= 15 is 0 Å². The fourth-order valence-electron chi connectivity index (χ4n) is 1.85. The molecule has 1 aromatic carbocycles. The van der Waals surface area contributed by atoms with Gasteiger partial charge in [-0.15, -0.1) is 0 Å². The molecule has 90 valence electrons. The number of aryl methyl sites for hydroxylation is 1. The number of hydrogen-bond donors (Lipinski definition) is 0. The van der Waals surface area contributed by atoms with Crippen LogP contribution in [0.25, 0.3) is 0 Å². The molecule has 18 heavy (non-hydrogen) atoms. The Bertz CT molecular complexity index is 586. The number of rotatable bonds is 3. The second kappa shape index (κ2) is 5.28. The molecular weight excluding hydrogens is 224 g/mol. The highest BCUT2D eigenvalue weighted by Gasteiger charge is 2.09. The molecule has 0 N–H and O–H groups in total. The summed E-state index contributed by atoms with van der Waals surface area (Å²) in [5.41, 5.74) is 2.76. The summed E-state index contributed by atoms with van der Waals surface area (Å²) in [5.74, 6) is 0.613. The lowest BCUT2D eigenvalue weighted by Crippen LogP contribution is -2.19. The quantitative estimate of drug-likeness (QED) is 0.823. The third-order valence-corrected chi connectivity index (χ3v) is 2.65. The van der Waals surface area contributed by atoms with Crippen LogP contribution in [0.1, 0.15) is 16.8 Å². The molecule has 0 spiro atoms. The maximum Gasteiger partial charge on any atom is 0.183 e. The van der Waals surface area contributed by atoms with Gasteiger partial charge in [-0.2, -0.15) is 5.26 Å². The van der Waals surface area contributed by atoms with Crippen LogP contribution >= 0.6 is 0 Å². The Morgan fingerprint density at radius 2 is 2.06 bits per heavy atom. The van der Waals surface area contributed by atoms with Gasteiger partial charge in [0.25, 0.3) is 0 Å². The lowest BCUT2D eigenvalue weighted by atomic mass is 10.1. The van der Waals surface area contributed by atoms with Gasteiger partial charge >= 0.3 is 0 Å². The SMILES string of the molecule is Cc1cccc(CN(C)c2nccnc2C#N)c1. The largest absolute Gasteiger partial charge is 0.353 e. The minimum absolute atomic E-state index is 0.354. The molecule has 0 fully saturated rings. The first-order chi connectivity index (χ1) is 8.70. The second-order valence-electron chi connectivity index (χ2n) is 4.19. The van der Waals surface area contributed by atoms with E-state index in [0.29, 0.717) is 18.1 Å². The van der Waals surface area contributed by atoms with E-state index in [0.717, 1.165) is 0 Å². The van der Waals surface area contributed by atoms with E-state index in [-0.39, 0.29) is 0 Å². The van der Waals surface area contributed by atoms with Gasteiger partial charge in [0.2, 0.25) is 0 Å². The predicted molar refractivity (Wildman–Crippen MR) is 70.0 cm³/mol. The number of benzene rings is 1. The van der Waals surface area contributed by atoms with Crippen LogP contribution in [0.2, 0.25) is 0 Å². The number of aromatic nitrogens is 2. The van der Waals surface area contributed by atoms with Crippen molar-refractivity contribution in [2.24, 2.45) is 0 Å². The van der Waals surface area contributed by atoms with E-state index in [4.69, 9.17) is 5.26 Å². The average Bonchev–Trinajstić information content (AvgIpc) is 2.38. The normalized spacial score (nSPS) is 9.83. The first kappa shape index (κ1) is 12.1. The Labute approximate surface area is 107 Å². The Hall–Kier alpha value is -2.41. The van der Waals surface area contributed by atoms with Crippen LogP contribution in [0.3, 0.4) is 0 Å². The van der Waals surface area contributed by atoms with E-state index in [1.165, 1.54) is 17.3 Å². The van der Waals surface area contributed by atoms with Crippen molar-refractivity contribution in [1.82, 2.24) is 9.97 Å². The highest BCUT2D eigenvalue weighted by atomic mass is 15.2. The minimum Gasteiger partial charge on any atom is -0.353 e. The van der Waals surface area contributed by atoms with Crippen LogP contribution in [0.15, 0.2) is 36.7 Å². The average molecular weight is 238 g/mol. The molecule has 0 amide bonds. The smallest absolute Gasteiger partial charge is 0.183 e. The third-order valence-electron chi connectivity index (χ3n) is 2.65. The first-order valence-electron chi connectivity index (χ1n) is 5.68. The summed E-state index contributed by atoms with van der Waals surface area (Å²) in [6.07, 6.45) is 3.13. The molecule has 0 radical (unpaired) electrons. The lowest BCUT2D eigenvalue weighted by molar-refractivity contribution is 0.884. The summed E-state index contributed by atoms with van der Waals surface area (Å²) in [4.78, 5) is 10.2. The molecule has 2 rings (SSSR count). The number of nitrogens with zero attached hydrogens (tertiary/aromatic N) is 4. The van der Waals surface area contributed by atoms with Crippen molar-refractivity contribution in [3.63, 3.8) is 0 Å². The summed E-state index contributed by atoms with van der Waals surface area (Å²) in [7, 11) is 1.91. The van der Waals surface area contributed by atoms with Gasteiger partial charge in [-0.1, -0.05) is 29.8 Å². The van der Waals surface area contributed by atoms with Crippen molar-refractivity contribution in [2.75, 3.05) is 11.9 Å². The van der Waals surface area contributed by atoms with E-state index in [2.05, 4.69) is 41.2 Å². The summed E-state index contributed by atoms with van der Waals surface area (Å²) in [6, 6.07) is 10.3. The monoisotopic (exact) mass is 238 g/mol. The van der Waals surface area contributed by atoms with Crippen LogP contribution < -0.4 is 4.90 Å². The molecular formula is C14H14N4. The van der Waals surface area contributed by atoms with E-state index < -0.39 is 0 Å². The topological polar surface area (TPSA) is 52.8 Å². The van der Waals surface area contributed by atoms with Crippen molar-refractivity contribution in [2.45, 2.75) is 13.5 Å². The zero-order valence-electron chi connectivity index (χ0n) is 10.5. The van der Waals surface area contributed by atoms with Gasteiger partial charge in [0.05, 0.1) is 0 Å². The molecule has 0 bridgehead atoms. The number of hydrogen-bond acceptors (Lipinski definition) is 4. The Kier molecular flexibility index (Phi) is 3.54. The van der Waals surface area contributed by atoms with E-state index in [9.17, 15) is 0 Å². The van der Waals surface area contributed by atoms with Gasteiger partial charge in [0.1, 0.15) is 6.07 Å². The fourth-order valence-corrected chi connectivity index (χ4v) is 1.85. The Balaban J connectivity index is 2.22. The molecule has 0 atom stereocenters. The predicted octanol–water partition coefficient (Wildman–Crippen LogP) is 2.29. The van der Waals surface area contributed by atoms with Gasteiger partial charge in [-0.3, -0.25) is 0 Å². The summed E-state index contributed by atoms with van der Waals surface area (Å²) in [5, 5.41) is 9.00. The molecule has 0 aliphatic heterocycles. The molecule has 2 aromatic rings. The van der Waals surface area contributed by atoms with Crippen LogP contribution in [-0.4, -0.2) is 17.0 Å². The summed E-state index contributed by atoms with van der Waals surface area (Å²) in [6.45, 7) is 2.77. The molecule has 0 aliphatic rings. The Morgan fingerprint density at radius 3 is 2.78 bits per heavy atom. The molecule has 4 heteroatoms. The lowest BCUT2D eigenvalue weighted by Gasteiger charge is -2.18. The zero-order chi connectivity index (χ0) is 13.0.